The molecule has 1 aliphatic heterocycles. The number of hydrogen-bond donors (Lipinski definition) is 1. The van der Waals surface area contributed by atoms with Crippen LogP contribution in [-0.2, 0) is 14.8 Å². The third kappa shape index (κ3) is 3.97. The smallest absolute Gasteiger partial charge is 0.262 e. The summed E-state index contributed by atoms with van der Waals surface area (Å²) in [5, 5.41) is -0.0377. The van der Waals surface area contributed by atoms with Gasteiger partial charge in [0.1, 0.15) is 5.82 Å². The summed E-state index contributed by atoms with van der Waals surface area (Å²) in [6, 6.07) is 8.07. The Labute approximate surface area is 160 Å². The Morgan fingerprint density at radius 3 is 2.73 bits per heavy atom. The largest absolute Gasteiger partial charge is 0.311 e. The molecule has 0 saturated heterocycles. The van der Waals surface area contributed by atoms with E-state index in [9.17, 15) is 17.6 Å². The molecule has 2 aromatic rings. The molecular formula is C17H16ClFN2O3S2. The summed E-state index contributed by atoms with van der Waals surface area (Å²) in [7, 11) is -3.95. The quantitative estimate of drug-likeness (QED) is 0.820. The van der Waals surface area contributed by atoms with Crippen molar-refractivity contribution in [3.63, 3.8) is 0 Å². The molecule has 1 heterocycles. The van der Waals surface area contributed by atoms with Crippen LogP contribution in [0.3, 0.4) is 0 Å². The van der Waals surface area contributed by atoms with Crippen molar-refractivity contribution in [1.82, 2.24) is 0 Å². The highest BCUT2D eigenvalue weighted by atomic mass is 35.5. The van der Waals surface area contributed by atoms with Crippen molar-refractivity contribution in [1.29, 1.82) is 0 Å². The summed E-state index contributed by atoms with van der Waals surface area (Å²) in [5.41, 5.74) is 0.661. The van der Waals surface area contributed by atoms with Gasteiger partial charge in [-0.25, -0.2) is 12.8 Å². The molecule has 3 rings (SSSR count). The third-order valence-electron chi connectivity index (χ3n) is 3.87. The lowest BCUT2D eigenvalue weighted by Crippen LogP contribution is -2.29. The summed E-state index contributed by atoms with van der Waals surface area (Å²) in [6.07, 6.45) is 0.824. The standard InChI is InChI=1S/C17H16ClFN2O3S2/c1-11(22)21-7-2-8-25-17-6-4-13(10-16(17)21)26(23,24)20-15-5-3-12(19)9-14(15)18/h3-6,9-10,20H,2,7-8H2,1H3. The van der Waals surface area contributed by atoms with Crippen molar-refractivity contribution < 1.29 is 17.6 Å². The zero-order valence-corrected chi connectivity index (χ0v) is 16.2. The number of benzene rings is 2. The van der Waals surface area contributed by atoms with E-state index in [2.05, 4.69) is 4.72 Å². The number of thioether (sulfide) groups is 1. The number of carbonyl (C=O) groups is 1. The van der Waals surface area contributed by atoms with Gasteiger partial charge in [-0.05, 0) is 48.6 Å². The van der Waals surface area contributed by atoms with E-state index < -0.39 is 15.8 Å². The average molecular weight is 415 g/mol. The normalized spacial score (nSPS) is 14.5. The summed E-state index contributed by atoms with van der Waals surface area (Å²) >= 11 is 7.49. The van der Waals surface area contributed by atoms with Crippen LogP contribution in [0.5, 0.6) is 0 Å². The number of amides is 1. The minimum absolute atomic E-state index is 0.00499. The first kappa shape index (κ1) is 19.0. The first-order chi connectivity index (χ1) is 12.3. The Bertz CT molecular complexity index is 966. The molecule has 1 amide bonds. The van der Waals surface area contributed by atoms with Gasteiger partial charge in [0.15, 0.2) is 0 Å². The Morgan fingerprint density at radius 2 is 2.04 bits per heavy atom. The molecule has 26 heavy (non-hydrogen) atoms. The molecule has 0 aromatic heterocycles. The van der Waals surface area contributed by atoms with Crippen molar-refractivity contribution in [2.45, 2.75) is 23.1 Å². The van der Waals surface area contributed by atoms with Crippen LogP contribution in [0.4, 0.5) is 15.8 Å². The van der Waals surface area contributed by atoms with E-state index in [4.69, 9.17) is 11.6 Å². The number of sulfonamides is 1. The first-order valence-electron chi connectivity index (χ1n) is 7.81. The van der Waals surface area contributed by atoms with Gasteiger partial charge < -0.3 is 4.90 Å². The van der Waals surface area contributed by atoms with Gasteiger partial charge in [-0.15, -0.1) is 11.8 Å². The maximum atomic E-state index is 13.1. The van der Waals surface area contributed by atoms with Gasteiger partial charge in [0.2, 0.25) is 5.91 Å². The Kier molecular flexibility index (Phi) is 5.45. The van der Waals surface area contributed by atoms with Crippen LogP contribution in [0, 0.1) is 5.82 Å². The van der Waals surface area contributed by atoms with Crippen molar-refractivity contribution in [2.75, 3.05) is 21.9 Å². The van der Waals surface area contributed by atoms with Crippen LogP contribution in [0.15, 0.2) is 46.2 Å². The average Bonchev–Trinajstić information content (AvgIpc) is 2.79. The Balaban J connectivity index is 1.99. The highest BCUT2D eigenvalue weighted by molar-refractivity contribution is 7.99. The predicted molar refractivity (Wildman–Crippen MR) is 102 cm³/mol. The van der Waals surface area contributed by atoms with Crippen molar-refractivity contribution in [3.05, 3.63) is 47.2 Å². The van der Waals surface area contributed by atoms with Crippen LogP contribution in [-0.4, -0.2) is 26.6 Å². The lowest BCUT2D eigenvalue weighted by molar-refractivity contribution is -0.116. The maximum absolute atomic E-state index is 13.1. The lowest BCUT2D eigenvalue weighted by atomic mass is 10.2. The molecule has 0 saturated carbocycles. The molecule has 0 spiro atoms. The number of fused-ring (bicyclic) bond motifs is 1. The van der Waals surface area contributed by atoms with Crippen molar-refractivity contribution >= 4 is 50.7 Å². The lowest BCUT2D eigenvalue weighted by Gasteiger charge is -2.21. The molecule has 1 aliphatic rings. The van der Waals surface area contributed by atoms with Gasteiger partial charge in [-0.3, -0.25) is 9.52 Å². The van der Waals surface area contributed by atoms with Crippen molar-refractivity contribution in [3.8, 4) is 0 Å². The molecule has 0 aliphatic carbocycles. The van der Waals surface area contributed by atoms with Gasteiger partial charge in [0, 0.05) is 18.4 Å². The van der Waals surface area contributed by atoms with Gasteiger partial charge in [-0.2, -0.15) is 0 Å². The number of nitrogens with one attached hydrogen (secondary N) is 1. The van der Waals surface area contributed by atoms with Gasteiger partial charge in [0.25, 0.3) is 10.0 Å². The maximum Gasteiger partial charge on any atom is 0.262 e. The minimum atomic E-state index is -3.95. The van der Waals surface area contributed by atoms with Gasteiger partial charge in [0.05, 0.1) is 21.3 Å². The van der Waals surface area contributed by atoms with E-state index in [1.54, 1.807) is 22.7 Å². The fourth-order valence-corrected chi connectivity index (χ4v) is 4.97. The van der Waals surface area contributed by atoms with Gasteiger partial charge >= 0.3 is 0 Å². The molecule has 0 bridgehead atoms. The predicted octanol–water partition coefficient (Wildman–Crippen LogP) is 4.13. The number of anilines is 2. The van der Waals surface area contributed by atoms with E-state index in [1.165, 1.54) is 25.1 Å². The number of nitrogens with zero attached hydrogens (tertiary/aromatic N) is 1. The minimum Gasteiger partial charge on any atom is -0.311 e. The number of halogens is 2. The number of rotatable bonds is 3. The molecule has 9 heteroatoms. The molecule has 0 radical (unpaired) electrons. The Morgan fingerprint density at radius 1 is 1.27 bits per heavy atom. The van der Waals surface area contributed by atoms with E-state index in [0.717, 1.165) is 29.2 Å². The highest BCUT2D eigenvalue weighted by Crippen LogP contribution is 2.36. The van der Waals surface area contributed by atoms with E-state index >= 15 is 0 Å². The fourth-order valence-electron chi connectivity index (χ4n) is 2.63. The molecule has 0 atom stereocenters. The van der Waals surface area contributed by atoms with E-state index in [1.807, 2.05) is 0 Å². The Hall–Kier alpha value is -1.77. The molecule has 0 unspecified atom stereocenters. The number of carbonyl (C=O) groups excluding carboxylic acids is 1. The van der Waals surface area contributed by atoms with Crippen molar-refractivity contribution in [2.24, 2.45) is 0 Å². The second-order valence-corrected chi connectivity index (χ2v) is 8.96. The molecule has 138 valence electrons. The molecular weight excluding hydrogens is 399 g/mol. The number of hydrogen-bond acceptors (Lipinski definition) is 4. The second kappa shape index (κ2) is 7.46. The second-order valence-electron chi connectivity index (χ2n) is 5.73. The summed E-state index contributed by atoms with van der Waals surface area (Å²) < 4.78 is 40.9. The molecule has 0 fully saturated rings. The van der Waals surface area contributed by atoms with Crippen LogP contribution in [0.2, 0.25) is 5.02 Å². The fraction of sp³-hybridized carbons (Fsp3) is 0.235. The van der Waals surface area contributed by atoms with E-state index in [-0.39, 0.29) is 21.5 Å². The zero-order valence-electron chi connectivity index (χ0n) is 13.8. The molecule has 2 aromatic carbocycles. The summed E-state index contributed by atoms with van der Waals surface area (Å²) in [5.74, 6) is 0.154. The zero-order chi connectivity index (χ0) is 18.9. The van der Waals surface area contributed by atoms with Crippen LogP contribution < -0.4 is 9.62 Å². The molecule has 1 N–H and O–H groups in total. The molecule has 5 nitrogen and oxygen atoms in total. The van der Waals surface area contributed by atoms with Gasteiger partial charge in [-0.1, -0.05) is 11.6 Å². The highest BCUT2D eigenvalue weighted by Gasteiger charge is 2.23. The summed E-state index contributed by atoms with van der Waals surface area (Å²) in [6.45, 7) is 1.99. The first-order valence-corrected chi connectivity index (χ1v) is 10.7. The topological polar surface area (TPSA) is 66.5 Å². The van der Waals surface area contributed by atoms with Crippen LogP contribution in [0.25, 0.3) is 0 Å². The third-order valence-corrected chi connectivity index (χ3v) is 6.70. The summed E-state index contributed by atoms with van der Waals surface area (Å²) in [4.78, 5) is 14.4. The van der Waals surface area contributed by atoms with E-state index in [0.29, 0.717) is 12.2 Å². The SMILES string of the molecule is CC(=O)N1CCCSc2ccc(S(=O)(=O)Nc3ccc(F)cc3Cl)cc21. The monoisotopic (exact) mass is 414 g/mol. The van der Waals surface area contributed by atoms with Crippen LogP contribution >= 0.6 is 23.4 Å². The van der Waals surface area contributed by atoms with Crippen LogP contribution in [0.1, 0.15) is 13.3 Å².